The van der Waals surface area contributed by atoms with Gasteiger partial charge in [-0.15, -0.1) is 0 Å². The number of para-hydroxylation sites is 1. The molecule has 0 saturated heterocycles. The molecule has 0 N–H and O–H groups in total. The van der Waals surface area contributed by atoms with E-state index in [-0.39, 0.29) is 5.41 Å². The van der Waals surface area contributed by atoms with Crippen molar-refractivity contribution in [2.45, 2.75) is 79.6 Å². The molecular formula is C48H50N4O. The second kappa shape index (κ2) is 13.5. The minimum absolute atomic E-state index is 0.119. The largest absolute Gasteiger partial charge is 0.457 e. The molecule has 7 aromatic rings. The molecule has 1 unspecified atom stereocenters. The zero-order valence-corrected chi connectivity index (χ0v) is 32.3. The first-order valence-corrected chi connectivity index (χ1v) is 19.2. The lowest BCUT2D eigenvalue weighted by atomic mass is 9.72. The van der Waals surface area contributed by atoms with Crippen molar-refractivity contribution in [3.05, 3.63) is 143 Å². The number of ether oxygens (including phenoxy) is 1. The fourth-order valence-electron chi connectivity index (χ4n) is 8.67. The van der Waals surface area contributed by atoms with E-state index in [4.69, 9.17) is 14.8 Å². The zero-order valence-electron chi connectivity index (χ0n) is 32.3. The first-order chi connectivity index (χ1) is 25.5. The van der Waals surface area contributed by atoms with Gasteiger partial charge in [-0.05, 0) is 97.5 Å². The molecule has 268 valence electrons. The van der Waals surface area contributed by atoms with Gasteiger partial charge in [-0.25, -0.2) is 9.67 Å². The zero-order chi connectivity index (χ0) is 37.0. The second-order valence-electron chi connectivity index (χ2n) is 16.2. The molecule has 0 amide bonds. The number of benzene rings is 4. The van der Waals surface area contributed by atoms with Crippen molar-refractivity contribution in [3.63, 3.8) is 0 Å². The maximum absolute atomic E-state index is 6.88. The van der Waals surface area contributed by atoms with Gasteiger partial charge in [0.2, 0.25) is 0 Å². The van der Waals surface area contributed by atoms with Crippen molar-refractivity contribution in [2.75, 3.05) is 0 Å². The number of fused-ring (bicyclic) bond motifs is 3. The summed E-state index contributed by atoms with van der Waals surface area (Å²) < 4.78 is 11.3. The maximum Gasteiger partial charge on any atom is 0.137 e. The van der Waals surface area contributed by atoms with Crippen LogP contribution in [0.25, 0.3) is 44.6 Å². The predicted octanol–water partition coefficient (Wildman–Crippen LogP) is 12.7. The van der Waals surface area contributed by atoms with E-state index in [1.54, 1.807) is 0 Å². The molecule has 0 saturated carbocycles. The highest BCUT2D eigenvalue weighted by molar-refractivity contribution is 6.09. The number of rotatable bonds is 7. The fraction of sp³-hybridized carbons (Fsp3) is 0.292. The summed E-state index contributed by atoms with van der Waals surface area (Å²) >= 11 is 0. The molecule has 1 aliphatic rings. The molecule has 3 aromatic heterocycles. The van der Waals surface area contributed by atoms with E-state index in [0.29, 0.717) is 17.8 Å². The van der Waals surface area contributed by atoms with E-state index in [1.807, 2.05) is 6.20 Å². The van der Waals surface area contributed by atoms with Crippen LogP contribution in [0.15, 0.2) is 121 Å². The van der Waals surface area contributed by atoms with E-state index >= 15 is 0 Å². The van der Waals surface area contributed by atoms with Gasteiger partial charge in [-0.1, -0.05) is 102 Å². The minimum Gasteiger partial charge on any atom is -0.457 e. The summed E-state index contributed by atoms with van der Waals surface area (Å²) in [6, 6.07) is 36.7. The summed E-state index contributed by atoms with van der Waals surface area (Å²) in [5.74, 6) is 3.87. The standard InChI is InChI=1S/C48H50N4O/c1-9-34-21-22-49-44(25-34)51-42-18-14-13-17-40(42)41-20-19-38(29-43(41)51)53-39-27-36(48(6,7)8)26-37(28-39)52-47(35-15-11-10-12-16-35)46(33(5)50-52)45-31(3)23-30(2)24-32(45)4/h10-23,25-30,32,45H,9,24H2,1-8H3/t30-,32-,45?/m0/s1. The Morgan fingerprint density at radius 1 is 0.792 bits per heavy atom. The van der Waals surface area contributed by atoms with E-state index in [1.165, 1.54) is 45.0 Å². The van der Waals surface area contributed by atoms with Crippen molar-refractivity contribution in [3.8, 4) is 34.3 Å². The lowest BCUT2D eigenvalue weighted by Crippen LogP contribution is -2.20. The van der Waals surface area contributed by atoms with Gasteiger partial charge in [-0.2, -0.15) is 5.10 Å². The first kappa shape index (κ1) is 34.7. The Morgan fingerprint density at radius 2 is 1.55 bits per heavy atom. The van der Waals surface area contributed by atoms with Gasteiger partial charge in [0, 0.05) is 46.1 Å². The quantitative estimate of drug-likeness (QED) is 0.156. The predicted molar refractivity (Wildman–Crippen MR) is 220 cm³/mol. The Bertz CT molecular complexity index is 2490. The summed E-state index contributed by atoms with van der Waals surface area (Å²) in [5.41, 5.74) is 11.7. The van der Waals surface area contributed by atoms with Gasteiger partial charge in [0.15, 0.2) is 0 Å². The molecule has 0 aliphatic heterocycles. The Kier molecular flexibility index (Phi) is 8.84. The van der Waals surface area contributed by atoms with Crippen molar-refractivity contribution >= 4 is 21.8 Å². The fourth-order valence-corrected chi connectivity index (χ4v) is 8.67. The molecule has 8 rings (SSSR count). The van der Waals surface area contributed by atoms with Crippen LogP contribution in [0, 0.1) is 18.8 Å². The Morgan fingerprint density at radius 3 is 2.30 bits per heavy atom. The molecule has 3 heterocycles. The number of hydrogen-bond acceptors (Lipinski definition) is 3. The number of allylic oxidation sites excluding steroid dienone is 2. The lowest BCUT2D eigenvalue weighted by molar-refractivity contribution is 0.391. The second-order valence-corrected chi connectivity index (χ2v) is 16.2. The number of aryl methyl sites for hydroxylation is 2. The molecule has 3 atom stereocenters. The molecule has 1 aliphatic carbocycles. The first-order valence-electron chi connectivity index (χ1n) is 19.2. The van der Waals surface area contributed by atoms with E-state index in [9.17, 15) is 0 Å². The topological polar surface area (TPSA) is 44.9 Å². The lowest BCUT2D eigenvalue weighted by Gasteiger charge is -2.32. The van der Waals surface area contributed by atoms with Crippen LogP contribution in [0.5, 0.6) is 11.5 Å². The van der Waals surface area contributed by atoms with Gasteiger partial charge >= 0.3 is 0 Å². The molecule has 53 heavy (non-hydrogen) atoms. The third kappa shape index (κ3) is 6.37. The molecule has 5 heteroatoms. The third-order valence-electron chi connectivity index (χ3n) is 11.1. The summed E-state index contributed by atoms with van der Waals surface area (Å²) in [7, 11) is 0. The van der Waals surface area contributed by atoms with Crippen LogP contribution in [0.1, 0.15) is 83.2 Å². The van der Waals surface area contributed by atoms with Gasteiger partial charge in [0.1, 0.15) is 17.3 Å². The molecular weight excluding hydrogens is 649 g/mol. The molecule has 4 aromatic carbocycles. The molecule has 0 radical (unpaired) electrons. The molecule has 0 fully saturated rings. The van der Waals surface area contributed by atoms with Crippen LogP contribution in [0.3, 0.4) is 0 Å². The van der Waals surface area contributed by atoms with Crippen LogP contribution in [0.4, 0.5) is 0 Å². The summed E-state index contributed by atoms with van der Waals surface area (Å²) in [4.78, 5) is 4.83. The highest BCUT2D eigenvalue weighted by Gasteiger charge is 2.33. The SMILES string of the molecule is CCc1ccnc(-n2c3ccccc3c3ccc(Oc4cc(-n5nc(C)c(C6C(C)=C[C@H](C)C[C@@H]6C)c5-c5ccccc5)cc(C(C)(C)C)c4)cc32)c1. The number of nitrogens with zero attached hydrogens (tertiary/aromatic N) is 4. The Labute approximate surface area is 314 Å². The van der Waals surface area contributed by atoms with Gasteiger partial charge in [-0.3, -0.25) is 4.57 Å². The van der Waals surface area contributed by atoms with Crippen molar-refractivity contribution in [1.82, 2.24) is 19.3 Å². The minimum atomic E-state index is -0.119. The van der Waals surface area contributed by atoms with Crippen molar-refractivity contribution in [1.29, 1.82) is 0 Å². The van der Waals surface area contributed by atoms with Gasteiger partial charge < -0.3 is 4.74 Å². The van der Waals surface area contributed by atoms with E-state index in [2.05, 4.69) is 174 Å². The average molecular weight is 699 g/mol. The van der Waals surface area contributed by atoms with Gasteiger partial charge in [0.05, 0.1) is 28.1 Å². The Hall–Kier alpha value is -5.42. The summed E-state index contributed by atoms with van der Waals surface area (Å²) in [5, 5.41) is 7.70. The van der Waals surface area contributed by atoms with Gasteiger partial charge in [0.25, 0.3) is 0 Å². The van der Waals surface area contributed by atoms with Crippen LogP contribution in [-0.4, -0.2) is 19.3 Å². The van der Waals surface area contributed by atoms with Crippen molar-refractivity contribution < 1.29 is 4.74 Å². The summed E-state index contributed by atoms with van der Waals surface area (Å²) in [6.45, 7) is 18.2. The van der Waals surface area contributed by atoms with Crippen LogP contribution >= 0.6 is 0 Å². The smallest absolute Gasteiger partial charge is 0.137 e. The molecule has 0 spiro atoms. The maximum atomic E-state index is 6.88. The molecule has 0 bridgehead atoms. The normalized spacial score (nSPS) is 17.7. The van der Waals surface area contributed by atoms with Crippen molar-refractivity contribution in [2.24, 2.45) is 11.8 Å². The number of aromatic nitrogens is 4. The highest BCUT2D eigenvalue weighted by atomic mass is 16.5. The summed E-state index contributed by atoms with van der Waals surface area (Å²) in [6.07, 6.45) is 6.50. The van der Waals surface area contributed by atoms with E-state index in [0.717, 1.165) is 51.8 Å². The third-order valence-corrected chi connectivity index (χ3v) is 11.1. The van der Waals surface area contributed by atoms with Crippen LogP contribution in [0.2, 0.25) is 0 Å². The number of hydrogen-bond donors (Lipinski definition) is 0. The monoisotopic (exact) mass is 698 g/mol. The number of pyridine rings is 1. The average Bonchev–Trinajstić information content (AvgIpc) is 3.65. The van der Waals surface area contributed by atoms with Crippen LogP contribution < -0.4 is 4.74 Å². The van der Waals surface area contributed by atoms with E-state index < -0.39 is 0 Å². The Balaban J connectivity index is 1.29. The molecule has 5 nitrogen and oxygen atoms in total. The van der Waals surface area contributed by atoms with Crippen LogP contribution in [-0.2, 0) is 11.8 Å². The highest BCUT2D eigenvalue weighted by Crippen LogP contribution is 2.46.